The molecule has 0 aliphatic carbocycles. The number of nitrogens with zero attached hydrogens (tertiary/aromatic N) is 1. The molecule has 4 nitrogen and oxygen atoms in total. The quantitative estimate of drug-likeness (QED) is 0.920. The van der Waals surface area contributed by atoms with E-state index in [0.717, 1.165) is 11.1 Å². The SMILES string of the molecule is COc1cc(C(N)Cc2cccnc2)cc(Cl)c1OC. The Morgan fingerprint density at radius 2 is 2.10 bits per heavy atom. The molecule has 2 N–H and O–H groups in total. The Kier molecular flexibility index (Phi) is 4.82. The molecular weight excluding hydrogens is 276 g/mol. The van der Waals surface area contributed by atoms with Gasteiger partial charge in [0.2, 0.25) is 0 Å². The minimum atomic E-state index is -0.184. The van der Waals surface area contributed by atoms with Crippen LogP contribution in [-0.4, -0.2) is 19.2 Å². The van der Waals surface area contributed by atoms with Crippen molar-refractivity contribution in [1.82, 2.24) is 4.98 Å². The Bertz CT molecular complexity index is 576. The number of nitrogens with two attached hydrogens (primary N) is 1. The molecule has 1 aromatic heterocycles. The zero-order chi connectivity index (χ0) is 14.5. The molecule has 5 heteroatoms. The highest BCUT2D eigenvalue weighted by Crippen LogP contribution is 2.37. The highest BCUT2D eigenvalue weighted by Gasteiger charge is 2.15. The number of rotatable bonds is 5. The van der Waals surface area contributed by atoms with E-state index in [4.69, 9.17) is 26.8 Å². The highest BCUT2D eigenvalue weighted by molar-refractivity contribution is 6.32. The first-order valence-electron chi connectivity index (χ1n) is 6.21. The second-order valence-electron chi connectivity index (χ2n) is 4.41. The fourth-order valence-corrected chi connectivity index (χ4v) is 2.34. The van der Waals surface area contributed by atoms with Crippen molar-refractivity contribution in [3.63, 3.8) is 0 Å². The van der Waals surface area contributed by atoms with Crippen molar-refractivity contribution in [1.29, 1.82) is 0 Å². The van der Waals surface area contributed by atoms with Gasteiger partial charge in [-0.15, -0.1) is 0 Å². The Balaban J connectivity index is 2.26. The standard InChI is InChI=1S/C15H17ClN2O2/c1-19-14-8-11(7-12(16)15(14)20-2)13(17)6-10-4-3-5-18-9-10/h3-5,7-9,13H,6,17H2,1-2H3. The van der Waals surface area contributed by atoms with Gasteiger partial charge >= 0.3 is 0 Å². The molecule has 1 aromatic carbocycles. The van der Waals surface area contributed by atoms with Gasteiger partial charge in [0.15, 0.2) is 11.5 Å². The van der Waals surface area contributed by atoms with E-state index in [1.54, 1.807) is 20.4 Å². The second-order valence-corrected chi connectivity index (χ2v) is 4.82. The zero-order valence-corrected chi connectivity index (χ0v) is 12.2. The maximum absolute atomic E-state index is 6.23. The van der Waals surface area contributed by atoms with Gasteiger partial charge in [0.05, 0.1) is 19.2 Å². The lowest BCUT2D eigenvalue weighted by Crippen LogP contribution is -2.13. The maximum atomic E-state index is 6.23. The highest BCUT2D eigenvalue weighted by atomic mass is 35.5. The molecule has 1 unspecified atom stereocenters. The average molecular weight is 293 g/mol. The van der Waals surface area contributed by atoms with Gasteiger partial charge in [-0.3, -0.25) is 4.98 Å². The molecule has 0 aliphatic rings. The monoisotopic (exact) mass is 292 g/mol. The van der Waals surface area contributed by atoms with Crippen molar-refractivity contribution < 1.29 is 9.47 Å². The Morgan fingerprint density at radius 1 is 1.30 bits per heavy atom. The van der Waals surface area contributed by atoms with Crippen LogP contribution in [0.4, 0.5) is 0 Å². The predicted molar refractivity (Wildman–Crippen MR) is 79.4 cm³/mol. The summed E-state index contributed by atoms with van der Waals surface area (Å²) in [5.74, 6) is 1.10. The van der Waals surface area contributed by atoms with Gasteiger partial charge < -0.3 is 15.2 Å². The lowest BCUT2D eigenvalue weighted by Gasteiger charge is -2.16. The molecule has 0 saturated heterocycles. The fourth-order valence-electron chi connectivity index (χ4n) is 2.04. The van der Waals surface area contributed by atoms with E-state index >= 15 is 0 Å². The van der Waals surface area contributed by atoms with Crippen LogP contribution in [0.2, 0.25) is 5.02 Å². The van der Waals surface area contributed by atoms with E-state index in [2.05, 4.69) is 4.98 Å². The van der Waals surface area contributed by atoms with Crippen LogP contribution in [0.25, 0.3) is 0 Å². The molecule has 2 rings (SSSR count). The Labute approximate surface area is 123 Å². The van der Waals surface area contributed by atoms with Crippen LogP contribution < -0.4 is 15.2 Å². The summed E-state index contributed by atoms with van der Waals surface area (Å²) in [5, 5.41) is 0.489. The largest absolute Gasteiger partial charge is 0.493 e. The van der Waals surface area contributed by atoms with Gasteiger partial charge in [0.25, 0.3) is 0 Å². The number of aromatic nitrogens is 1. The minimum Gasteiger partial charge on any atom is -0.493 e. The molecule has 20 heavy (non-hydrogen) atoms. The Morgan fingerprint density at radius 3 is 2.70 bits per heavy atom. The molecule has 0 saturated carbocycles. The van der Waals surface area contributed by atoms with E-state index < -0.39 is 0 Å². The number of halogens is 1. The van der Waals surface area contributed by atoms with Crippen molar-refractivity contribution >= 4 is 11.6 Å². The smallest absolute Gasteiger partial charge is 0.179 e. The van der Waals surface area contributed by atoms with E-state index in [1.807, 2.05) is 30.5 Å². The van der Waals surface area contributed by atoms with Crippen LogP contribution in [0, 0.1) is 0 Å². The van der Waals surface area contributed by atoms with Crippen molar-refractivity contribution in [3.05, 3.63) is 52.8 Å². The third-order valence-electron chi connectivity index (χ3n) is 3.06. The molecule has 1 heterocycles. The molecular formula is C15H17ClN2O2. The molecule has 0 radical (unpaired) electrons. The van der Waals surface area contributed by atoms with Gasteiger partial charge in [-0.2, -0.15) is 0 Å². The molecule has 0 bridgehead atoms. The summed E-state index contributed by atoms with van der Waals surface area (Å²) >= 11 is 6.19. The topological polar surface area (TPSA) is 57.4 Å². The third kappa shape index (κ3) is 3.21. The van der Waals surface area contributed by atoms with Crippen LogP contribution in [0.1, 0.15) is 17.2 Å². The molecule has 1 atom stereocenters. The summed E-state index contributed by atoms with van der Waals surface area (Å²) in [7, 11) is 3.13. The average Bonchev–Trinajstić information content (AvgIpc) is 2.47. The fraction of sp³-hybridized carbons (Fsp3) is 0.267. The van der Waals surface area contributed by atoms with Crippen LogP contribution in [0.5, 0.6) is 11.5 Å². The normalized spacial score (nSPS) is 12.0. The molecule has 0 aliphatic heterocycles. The first kappa shape index (κ1) is 14.6. The summed E-state index contributed by atoms with van der Waals surface area (Å²) < 4.78 is 10.5. The van der Waals surface area contributed by atoms with Crippen LogP contribution in [0.3, 0.4) is 0 Å². The van der Waals surface area contributed by atoms with Crippen LogP contribution in [-0.2, 0) is 6.42 Å². The molecule has 0 amide bonds. The summed E-state index contributed by atoms with van der Waals surface area (Å²) in [4.78, 5) is 4.08. The van der Waals surface area contributed by atoms with Gasteiger partial charge in [-0.05, 0) is 35.7 Å². The van der Waals surface area contributed by atoms with Crippen molar-refractivity contribution in [2.75, 3.05) is 14.2 Å². The zero-order valence-electron chi connectivity index (χ0n) is 11.5. The van der Waals surface area contributed by atoms with Crippen molar-refractivity contribution in [3.8, 4) is 11.5 Å². The number of ether oxygens (including phenoxy) is 2. The lowest BCUT2D eigenvalue weighted by molar-refractivity contribution is 0.354. The van der Waals surface area contributed by atoms with Gasteiger partial charge in [0, 0.05) is 18.4 Å². The van der Waals surface area contributed by atoms with E-state index in [1.165, 1.54) is 0 Å². The first-order chi connectivity index (χ1) is 9.65. The number of hydrogen-bond donors (Lipinski definition) is 1. The molecule has 0 fully saturated rings. The number of methoxy groups -OCH3 is 2. The minimum absolute atomic E-state index is 0.184. The maximum Gasteiger partial charge on any atom is 0.179 e. The van der Waals surface area contributed by atoms with Gasteiger partial charge in [-0.1, -0.05) is 17.7 Å². The van der Waals surface area contributed by atoms with Crippen molar-refractivity contribution in [2.24, 2.45) is 5.73 Å². The molecule has 2 aromatic rings. The van der Waals surface area contributed by atoms with Crippen LogP contribution in [0.15, 0.2) is 36.7 Å². The van der Waals surface area contributed by atoms with E-state index in [-0.39, 0.29) is 6.04 Å². The first-order valence-corrected chi connectivity index (χ1v) is 6.59. The summed E-state index contributed by atoms with van der Waals surface area (Å²) in [6.07, 6.45) is 4.23. The van der Waals surface area contributed by atoms with E-state index in [9.17, 15) is 0 Å². The summed E-state index contributed by atoms with van der Waals surface area (Å²) in [5.41, 5.74) is 8.20. The van der Waals surface area contributed by atoms with Gasteiger partial charge in [0.1, 0.15) is 0 Å². The third-order valence-corrected chi connectivity index (χ3v) is 3.34. The Hall–Kier alpha value is -1.78. The molecule has 0 spiro atoms. The second kappa shape index (κ2) is 6.59. The predicted octanol–water partition coefficient (Wildman–Crippen LogP) is 2.99. The number of pyridine rings is 1. The van der Waals surface area contributed by atoms with E-state index in [0.29, 0.717) is 22.9 Å². The number of hydrogen-bond acceptors (Lipinski definition) is 4. The lowest BCUT2D eigenvalue weighted by atomic mass is 10.0. The molecule has 106 valence electrons. The summed E-state index contributed by atoms with van der Waals surface area (Å²) in [6.45, 7) is 0. The van der Waals surface area contributed by atoms with Crippen molar-refractivity contribution in [2.45, 2.75) is 12.5 Å². The summed E-state index contributed by atoms with van der Waals surface area (Å²) in [6, 6.07) is 7.37. The van der Waals surface area contributed by atoms with Gasteiger partial charge in [-0.25, -0.2) is 0 Å². The number of benzene rings is 1. The van der Waals surface area contributed by atoms with Crippen LogP contribution >= 0.6 is 11.6 Å².